The molecule has 0 bridgehead atoms. The molecule has 0 spiro atoms. The van der Waals surface area contributed by atoms with Gasteiger partial charge in [-0.1, -0.05) is 0 Å². The third-order valence-electron chi connectivity index (χ3n) is 1.98. The summed E-state index contributed by atoms with van der Waals surface area (Å²) in [5.74, 6) is 0.135. The van der Waals surface area contributed by atoms with Gasteiger partial charge >= 0.3 is 0 Å². The van der Waals surface area contributed by atoms with E-state index in [1.165, 1.54) is 0 Å². The van der Waals surface area contributed by atoms with Gasteiger partial charge in [0.2, 0.25) is 10.0 Å². The molecule has 2 heterocycles. The first-order valence-corrected chi connectivity index (χ1v) is 5.68. The van der Waals surface area contributed by atoms with Gasteiger partial charge in [0, 0.05) is 12.6 Å². The van der Waals surface area contributed by atoms with E-state index in [-0.39, 0.29) is 5.75 Å². The van der Waals surface area contributed by atoms with Crippen LogP contribution in [0.2, 0.25) is 0 Å². The molecule has 0 saturated heterocycles. The molecule has 0 unspecified atom stereocenters. The summed E-state index contributed by atoms with van der Waals surface area (Å²) in [5, 5.41) is 0. The van der Waals surface area contributed by atoms with E-state index in [0.29, 0.717) is 12.1 Å². The highest BCUT2D eigenvalue weighted by Gasteiger charge is 2.20. The summed E-state index contributed by atoms with van der Waals surface area (Å²) in [6.07, 6.45) is 2.25. The van der Waals surface area contributed by atoms with Crippen LogP contribution in [-0.2, 0) is 16.4 Å². The summed E-state index contributed by atoms with van der Waals surface area (Å²) < 4.78 is 24.9. The summed E-state index contributed by atoms with van der Waals surface area (Å²) >= 11 is 0. The van der Waals surface area contributed by atoms with Crippen molar-refractivity contribution in [1.29, 1.82) is 0 Å². The van der Waals surface area contributed by atoms with Crippen molar-refractivity contribution in [2.45, 2.75) is 13.3 Å². The van der Waals surface area contributed by atoms with Gasteiger partial charge in [-0.05, 0) is 18.6 Å². The van der Waals surface area contributed by atoms with E-state index in [1.54, 1.807) is 12.3 Å². The monoisotopic (exact) mass is 198 g/mol. The summed E-state index contributed by atoms with van der Waals surface area (Å²) in [7, 11) is -3.10. The molecule has 0 amide bonds. The molecule has 0 saturated carbocycles. The van der Waals surface area contributed by atoms with Crippen LogP contribution >= 0.6 is 0 Å². The number of fused-ring (bicyclic) bond motifs is 1. The maximum atomic E-state index is 11.2. The van der Waals surface area contributed by atoms with Crippen LogP contribution in [0.25, 0.3) is 0 Å². The molecular weight excluding hydrogens is 188 g/mol. The van der Waals surface area contributed by atoms with Gasteiger partial charge in [-0.2, -0.15) is 0 Å². The topological polar surface area (TPSA) is 59.1 Å². The number of anilines is 1. The van der Waals surface area contributed by atoms with Crippen molar-refractivity contribution < 1.29 is 8.42 Å². The maximum Gasteiger partial charge on any atom is 0.233 e. The highest BCUT2D eigenvalue weighted by Crippen LogP contribution is 2.21. The van der Waals surface area contributed by atoms with Crippen LogP contribution in [0, 0.1) is 6.92 Å². The average molecular weight is 198 g/mol. The molecule has 0 atom stereocenters. The second kappa shape index (κ2) is 2.70. The molecular formula is C8H10N2O2S. The van der Waals surface area contributed by atoms with Crippen LogP contribution in [0.1, 0.15) is 11.3 Å². The summed E-state index contributed by atoms with van der Waals surface area (Å²) in [5.41, 5.74) is 2.43. The number of pyridine rings is 1. The first kappa shape index (κ1) is 8.50. The second-order valence-corrected chi connectivity index (χ2v) is 5.02. The van der Waals surface area contributed by atoms with Crippen LogP contribution in [0.5, 0.6) is 0 Å². The Kier molecular flexibility index (Phi) is 1.76. The zero-order valence-electron chi connectivity index (χ0n) is 7.24. The van der Waals surface area contributed by atoms with Crippen LogP contribution < -0.4 is 4.72 Å². The number of rotatable bonds is 0. The molecule has 0 fully saturated rings. The van der Waals surface area contributed by atoms with E-state index < -0.39 is 10.0 Å². The molecule has 1 N–H and O–H groups in total. The summed E-state index contributed by atoms with van der Waals surface area (Å²) in [6.45, 7) is 1.89. The number of nitrogens with zero attached hydrogens (tertiary/aromatic N) is 1. The summed E-state index contributed by atoms with van der Waals surface area (Å²) in [6, 6.07) is 1.80. The number of hydrogen-bond acceptors (Lipinski definition) is 3. The third-order valence-corrected chi connectivity index (χ3v) is 3.25. The average Bonchev–Trinajstić information content (AvgIpc) is 2.01. The highest BCUT2D eigenvalue weighted by molar-refractivity contribution is 7.92. The Bertz CT molecular complexity index is 439. The molecule has 4 nitrogen and oxygen atoms in total. The predicted molar refractivity (Wildman–Crippen MR) is 50.1 cm³/mol. The quantitative estimate of drug-likeness (QED) is 0.667. The van der Waals surface area contributed by atoms with Crippen molar-refractivity contribution in [3.63, 3.8) is 0 Å². The number of aromatic nitrogens is 1. The first-order chi connectivity index (χ1) is 6.07. The summed E-state index contributed by atoms with van der Waals surface area (Å²) in [4.78, 5) is 4.16. The molecule has 0 aromatic carbocycles. The molecule has 1 aliphatic heterocycles. The van der Waals surface area contributed by atoms with Gasteiger partial charge in [0.05, 0.1) is 17.1 Å². The number of nitrogens with one attached hydrogen (secondary N) is 1. The van der Waals surface area contributed by atoms with Crippen molar-refractivity contribution in [3.8, 4) is 0 Å². The van der Waals surface area contributed by atoms with E-state index in [0.717, 1.165) is 11.3 Å². The van der Waals surface area contributed by atoms with E-state index in [2.05, 4.69) is 9.71 Å². The van der Waals surface area contributed by atoms with Crippen molar-refractivity contribution in [2.24, 2.45) is 0 Å². The molecule has 2 rings (SSSR count). The smallest absolute Gasteiger partial charge is 0.233 e. The van der Waals surface area contributed by atoms with Gasteiger partial charge in [0.25, 0.3) is 0 Å². The second-order valence-electron chi connectivity index (χ2n) is 3.18. The van der Waals surface area contributed by atoms with Crippen LogP contribution in [0.15, 0.2) is 12.3 Å². The minimum absolute atomic E-state index is 0.135. The third kappa shape index (κ3) is 1.65. The molecule has 1 aromatic heterocycles. The van der Waals surface area contributed by atoms with E-state index in [9.17, 15) is 8.42 Å². The van der Waals surface area contributed by atoms with E-state index >= 15 is 0 Å². The molecule has 1 aliphatic rings. The van der Waals surface area contributed by atoms with E-state index in [4.69, 9.17) is 0 Å². The number of sulfonamides is 1. The fraction of sp³-hybridized carbons (Fsp3) is 0.375. The predicted octanol–water partition coefficient (Wildman–Crippen LogP) is 0.688. The highest BCUT2D eigenvalue weighted by atomic mass is 32.2. The zero-order chi connectivity index (χ0) is 9.47. The minimum atomic E-state index is -3.10. The Labute approximate surface area is 77.1 Å². The SMILES string of the molecule is Cc1cnc2c(c1)NS(=O)(=O)CC2. The van der Waals surface area contributed by atoms with Crippen LogP contribution in [-0.4, -0.2) is 19.2 Å². The van der Waals surface area contributed by atoms with Gasteiger partial charge in [-0.15, -0.1) is 0 Å². The van der Waals surface area contributed by atoms with Crippen molar-refractivity contribution in [3.05, 3.63) is 23.5 Å². The lowest BCUT2D eigenvalue weighted by atomic mass is 10.2. The Hall–Kier alpha value is -1.10. The molecule has 5 heteroatoms. The number of hydrogen-bond donors (Lipinski definition) is 1. The molecule has 0 radical (unpaired) electrons. The van der Waals surface area contributed by atoms with E-state index in [1.807, 2.05) is 6.92 Å². The fourth-order valence-corrected chi connectivity index (χ4v) is 2.41. The molecule has 0 aliphatic carbocycles. The van der Waals surface area contributed by atoms with Crippen molar-refractivity contribution in [2.75, 3.05) is 10.5 Å². The lowest BCUT2D eigenvalue weighted by Crippen LogP contribution is -2.24. The maximum absolute atomic E-state index is 11.2. The molecule has 13 heavy (non-hydrogen) atoms. The zero-order valence-corrected chi connectivity index (χ0v) is 8.06. The van der Waals surface area contributed by atoms with Gasteiger partial charge in [0.15, 0.2) is 0 Å². The largest absolute Gasteiger partial charge is 0.282 e. The molecule has 70 valence electrons. The Morgan fingerprint density at radius 1 is 1.54 bits per heavy atom. The van der Waals surface area contributed by atoms with Crippen molar-refractivity contribution >= 4 is 15.7 Å². The van der Waals surface area contributed by atoms with Gasteiger partial charge in [-0.3, -0.25) is 9.71 Å². The lowest BCUT2D eigenvalue weighted by molar-refractivity contribution is 0.598. The fourth-order valence-electron chi connectivity index (χ4n) is 1.33. The normalized spacial score (nSPS) is 18.8. The van der Waals surface area contributed by atoms with Gasteiger partial charge < -0.3 is 0 Å². The Morgan fingerprint density at radius 3 is 3.08 bits per heavy atom. The molecule has 1 aromatic rings. The first-order valence-electron chi connectivity index (χ1n) is 4.03. The Balaban J connectivity index is 2.50. The van der Waals surface area contributed by atoms with Crippen molar-refractivity contribution in [1.82, 2.24) is 4.98 Å². The Morgan fingerprint density at radius 2 is 2.31 bits per heavy atom. The number of aryl methyl sites for hydroxylation is 2. The standard InChI is InChI=1S/C8H10N2O2S/c1-6-4-8-7(9-5-6)2-3-13(11,12)10-8/h4-5,10H,2-3H2,1H3. The van der Waals surface area contributed by atoms with Crippen LogP contribution in [0.3, 0.4) is 0 Å². The van der Waals surface area contributed by atoms with Gasteiger partial charge in [-0.25, -0.2) is 8.42 Å². The van der Waals surface area contributed by atoms with Crippen LogP contribution in [0.4, 0.5) is 5.69 Å². The minimum Gasteiger partial charge on any atom is -0.282 e. The lowest BCUT2D eigenvalue weighted by Gasteiger charge is -2.17. The van der Waals surface area contributed by atoms with Gasteiger partial charge in [0.1, 0.15) is 0 Å².